The highest BCUT2D eigenvalue weighted by Gasteiger charge is 2.49. The molecule has 2 saturated heterocycles. The van der Waals surface area contributed by atoms with Crippen LogP contribution in [0.25, 0.3) is 0 Å². The van der Waals surface area contributed by atoms with E-state index in [9.17, 15) is 9.59 Å². The zero-order chi connectivity index (χ0) is 12.6. The Kier molecular flexibility index (Phi) is 3.33. The van der Waals surface area contributed by atoms with Gasteiger partial charge in [0.05, 0.1) is 24.5 Å². The number of hydrogen-bond acceptors (Lipinski definition) is 5. The lowest BCUT2D eigenvalue weighted by Crippen LogP contribution is -2.54. The predicted molar refractivity (Wildman–Crippen MR) is 62.5 cm³/mol. The van der Waals surface area contributed by atoms with E-state index < -0.39 is 17.4 Å². The molecule has 1 amide bonds. The number of amides is 1. The van der Waals surface area contributed by atoms with Crippen LogP contribution in [-0.2, 0) is 14.3 Å². The summed E-state index contributed by atoms with van der Waals surface area (Å²) in [5.74, 6) is -0.315. The zero-order valence-corrected chi connectivity index (χ0v) is 10.4. The molecule has 7 heteroatoms. The summed E-state index contributed by atoms with van der Waals surface area (Å²) >= 11 is 1.45. The van der Waals surface area contributed by atoms with Gasteiger partial charge in [0.25, 0.3) is 0 Å². The second-order valence-corrected chi connectivity index (χ2v) is 5.67. The molecular weight excluding hydrogens is 244 g/mol. The van der Waals surface area contributed by atoms with Crippen LogP contribution in [0.5, 0.6) is 0 Å². The molecule has 3 unspecified atom stereocenters. The van der Waals surface area contributed by atoms with Gasteiger partial charge < -0.3 is 20.5 Å². The van der Waals surface area contributed by atoms with E-state index in [0.29, 0.717) is 18.2 Å². The van der Waals surface area contributed by atoms with Gasteiger partial charge >= 0.3 is 5.97 Å². The third kappa shape index (κ3) is 2.02. The minimum atomic E-state index is -0.959. The first kappa shape index (κ1) is 12.7. The smallest absolute Gasteiger partial charge is 0.327 e. The number of carboxylic acid groups (broad SMARTS) is 1. The van der Waals surface area contributed by atoms with Crippen molar-refractivity contribution >= 4 is 23.6 Å². The molecule has 2 rings (SSSR count). The molecule has 0 bridgehead atoms. The van der Waals surface area contributed by atoms with Gasteiger partial charge in [-0.3, -0.25) is 4.79 Å². The van der Waals surface area contributed by atoms with Crippen LogP contribution in [0.4, 0.5) is 0 Å². The second-order valence-electron chi connectivity index (χ2n) is 4.67. The largest absolute Gasteiger partial charge is 0.480 e. The molecule has 0 aromatic rings. The van der Waals surface area contributed by atoms with E-state index in [4.69, 9.17) is 15.6 Å². The Balaban J connectivity index is 2.17. The molecule has 0 aromatic carbocycles. The van der Waals surface area contributed by atoms with E-state index in [0.717, 1.165) is 0 Å². The summed E-state index contributed by atoms with van der Waals surface area (Å²) in [6, 6.07) is -1.10. The van der Waals surface area contributed by atoms with Crippen LogP contribution < -0.4 is 5.73 Å². The van der Waals surface area contributed by atoms with Gasteiger partial charge in [0.2, 0.25) is 5.91 Å². The molecule has 3 atom stereocenters. The van der Waals surface area contributed by atoms with E-state index >= 15 is 0 Å². The molecule has 0 aromatic heterocycles. The first-order valence-electron chi connectivity index (χ1n) is 5.42. The summed E-state index contributed by atoms with van der Waals surface area (Å²) in [5.41, 5.74) is 5.08. The third-order valence-corrected chi connectivity index (χ3v) is 4.45. The van der Waals surface area contributed by atoms with Crippen molar-refractivity contribution < 1.29 is 19.4 Å². The molecular formula is C10H16N2O4S. The number of ether oxygens (including phenoxy) is 1. The number of rotatable bonds is 2. The summed E-state index contributed by atoms with van der Waals surface area (Å²) in [4.78, 5) is 24.8. The maximum Gasteiger partial charge on any atom is 0.327 e. The monoisotopic (exact) mass is 260 g/mol. The van der Waals surface area contributed by atoms with Gasteiger partial charge in [0.15, 0.2) is 0 Å². The van der Waals surface area contributed by atoms with Crippen LogP contribution in [0.3, 0.4) is 0 Å². The maximum absolute atomic E-state index is 12.4. The van der Waals surface area contributed by atoms with Gasteiger partial charge in [0.1, 0.15) is 6.04 Å². The topological polar surface area (TPSA) is 92.9 Å². The Morgan fingerprint density at radius 2 is 2.29 bits per heavy atom. The highest BCUT2D eigenvalue weighted by molar-refractivity contribution is 7.99. The van der Waals surface area contributed by atoms with Gasteiger partial charge in [-0.05, 0) is 6.92 Å². The minimum Gasteiger partial charge on any atom is -0.480 e. The summed E-state index contributed by atoms with van der Waals surface area (Å²) < 4.78 is 5.22. The van der Waals surface area contributed by atoms with E-state index in [-0.39, 0.29) is 18.6 Å². The first-order chi connectivity index (χ1) is 7.97. The van der Waals surface area contributed by atoms with Crippen LogP contribution in [0.2, 0.25) is 0 Å². The SMILES string of the molecule is CC1(C(=O)N2CSCC2C(=O)O)COCC1N. The van der Waals surface area contributed by atoms with Crippen LogP contribution >= 0.6 is 11.8 Å². The molecule has 2 fully saturated rings. The van der Waals surface area contributed by atoms with Crippen molar-refractivity contribution in [1.82, 2.24) is 4.90 Å². The van der Waals surface area contributed by atoms with Crippen LogP contribution in [0.15, 0.2) is 0 Å². The Bertz CT molecular complexity index is 351. The number of nitrogens with two attached hydrogens (primary N) is 1. The fraction of sp³-hybridized carbons (Fsp3) is 0.800. The standard InChI is InChI=1S/C10H16N2O4S/c1-10(4-16-2-7(10)11)9(15)12-5-17-3-6(12)8(13)14/h6-7H,2-5,11H2,1H3,(H,13,14). The number of aliphatic carboxylic acids is 1. The molecule has 3 N–H and O–H groups in total. The van der Waals surface area contributed by atoms with Gasteiger partial charge in [-0.15, -0.1) is 11.8 Å². The second kappa shape index (κ2) is 4.47. The van der Waals surface area contributed by atoms with Crippen LogP contribution in [-0.4, -0.2) is 58.8 Å². The number of thioether (sulfide) groups is 1. The van der Waals surface area contributed by atoms with E-state index in [2.05, 4.69) is 0 Å². The number of carbonyl (C=O) groups excluding carboxylic acids is 1. The molecule has 2 aliphatic heterocycles. The normalized spacial score (nSPS) is 37.4. The van der Waals surface area contributed by atoms with Gasteiger partial charge in [-0.2, -0.15) is 0 Å². The lowest BCUT2D eigenvalue weighted by molar-refractivity contribution is -0.152. The van der Waals surface area contributed by atoms with Crippen LogP contribution in [0.1, 0.15) is 6.92 Å². The first-order valence-corrected chi connectivity index (χ1v) is 6.57. The Hall–Kier alpha value is -0.790. The van der Waals surface area contributed by atoms with Crippen molar-refractivity contribution in [3.8, 4) is 0 Å². The quantitative estimate of drug-likeness (QED) is 0.684. The van der Waals surface area contributed by atoms with E-state index in [1.165, 1.54) is 16.7 Å². The van der Waals surface area contributed by atoms with Crippen molar-refractivity contribution in [2.24, 2.45) is 11.1 Å². The Morgan fingerprint density at radius 1 is 1.59 bits per heavy atom. The number of hydrogen-bond donors (Lipinski definition) is 2. The fourth-order valence-electron chi connectivity index (χ4n) is 2.08. The zero-order valence-electron chi connectivity index (χ0n) is 9.59. The lowest BCUT2D eigenvalue weighted by Gasteiger charge is -2.32. The molecule has 2 heterocycles. The molecule has 2 aliphatic rings. The molecule has 0 aliphatic carbocycles. The summed E-state index contributed by atoms with van der Waals surface area (Å²) in [6.07, 6.45) is 0. The van der Waals surface area contributed by atoms with Crippen LogP contribution in [0, 0.1) is 5.41 Å². The van der Waals surface area contributed by atoms with Gasteiger partial charge in [0, 0.05) is 11.8 Å². The predicted octanol–water partition coefficient (Wildman–Crippen LogP) is -0.664. The fourth-order valence-corrected chi connectivity index (χ4v) is 3.23. The molecule has 0 spiro atoms. The number of carbonyl (C=O) groups is 2. The molecule has 6 nitrogen and oxygen atoms in total. The lowest BCUT2D eigenvalue weighted by atomic mass is 9.84. The van der Waals surface area contributed by atoms with Crippen molar-refractivity contribution in [2.45, 2.75) is 19.0 Å². The number of carboxylic acids is 1. The molecule has 96 valence electrons. The van der Waals surface area contributed by atoms with Gasteiger partial charge in [-0.25, -0.2) is 4.79 Å². The molecule has 0 saturated carbocycles. The highest BCUT2D eigenvalue weighted by Crippen LogP contribution is 2.33. The third-order valence-electron chi connectivity index (χ3n) is 3.43. The average molecular weight is 260 g/mol. The number of nitrogens with zero attached hydrogens (tertiary/aromatic N) is 1. The van der Waals surface area contributed by atoms with E-state index in [1.807, 2.05) is 0 Å². The summed E-state index contributed by atoms with van der Waals surface area (Å²) in [6.45, 7) is 2.36. The highest BCUT2D eigenvalue weighted by atomic mass is 32.2. The summed E-state index contributed by atoms with van der Waals surface area (Å²) in [7, 11) is 0. The van der Waals surface area contributed by atoms with Crippen molar-refractivity contribution in [1.29, 1.82) is 0 Å². The van der Waals surface area contributed by atoms with E-state index in [1.54, 1.807) is 6.92 Å². The average Bonchev–Trinajstić information content (AvgIpc) is 2.86. The minimum absolute atomic E-state index is 0.208. The van der Waals surface area contributed by atoms with Crippen molar-refractivity contribution in [3.05, 3.63) is 0 Å². The molecule has 0 radical (unpaired) electrons. The van der Waals surface area contributed by atoms with Crippen molar-refractivity contribution in [2.75, 3.05) is 24.8 Å². The Morgan fingerprint density at radius 3 is 2.82 bits per heavy atom. The summed E-state index contributed by atoms with van der Waals surface area (Å²) in [5, 5.41) is 9.06. The molecule has 17 heavy (non-hydrogen) atoms. The Labute approximate surface area is 103 Å². The maximum atomic E-state index is 12.4. The van der Waals surface area contributed by atoms with Gasteiger partial charge in [-0.1, -0.05) is 0 Å². The van der Waals surface area contributed by atoms with Crippen molar-refractivity contribution in [3.63, 3.8) is 0 Å².